The van der Waals surface area contributed by atoms with E-state index in [-0.39, 0.29) is 5.91 Å². The van der Waals surface area contributed by atoms with Gasteiger partial charge in [-0.15, -0.1) is 0 Å². The number of pyridine rings is 1. The van der Waals surface area contributed by atoms with Crippen LogP contribution in [0.15, 0.2) is 12.3 Å². The molecular weight excluding hydrogens is 280 g/mol. The van der Waals surface area contributed by atoms with Gasteiger partial charge in [0.25, 0.3) is 5.91 Å². The van der Waals surface area contributed by atoms with E-state index in [2.05, 4.69) is 10.4 Å². The second-order valence-corrected chi connectivity index (χ2v) is 5.37. The van der Waals surface area contributed by atoms with Gasteiger partial charge < -0.3 is 15.1 Å². The first-order valence-electron chi connectivity index (χ1n) is 6.57. The molecule has 2 rings (SSSR count). The molecule has 110 valence electrons. The molecule has 7 heteroatoms. The third-order valence-corrected chi connectivity index (χ3v) is 3.65. The molecule has 0 bridgehead atoms. The molecule has 20 heavy (non-hydrogen) atoms. The van der Waals surface area contributed by atoms with Gasteiger partial charge in [-0.3, -0.25) is 4.79 Å². The number of hydrogen-bond donors (Lipinski definition) is 2. The SMILES string of the molecule is CN(CC1CCCOC1)C(=O)c1cnc(NN)c(Cl)c1. The summed E-state index contributed by atoms with van der Waals surface area (Å²) in [5.74, 6) is 5.90. The summed E-state index contributed by atoms with van der Waals surface area (Å²) in [6, 6.07) is 1.57. The molecule has 1 atom stereocenters. The average Bonchev–Trinajstić information content (AvgIpc) is 2.47. The smallest absolute Gasteiger partial charge is 0.255 e. The van der Waals surface area contributed by atoms with Crippen molar-refractivity contribution < 1.29 is 9.53 Å². The largest absolute Gasteiger partial charge is 0.381 e. The van der Waals surface area contributed by atoms with Crippen molar-refractivity contribution in [1.29, 1.82) is 0 Å². The van der Waals surface area contributed by atoms with E-state index in [9.17, 15) is 4.79 Å². The van der Waals surface area contributed by atoms with Crippen LogP contribution in [0.1, 0.15) is 23.2 Å². The first-order valence-corrected chi connectivity index (χ1v) is 6.95. The van der Waals surface area contributed by atoms with Crippen molar-refractivity contribution in [2.24, 2.45) is 11.8 Å². The number of ether oxygens (including phenoxy) is 1. The van der Waals surface area contributed by atoms with E-state index in [0.29, 0.717) is 35.5 Å². The predicted molar refractivity (Wildman–Crippen MR) is 77.6 cm³/mol. The van der Waals surface area contributed by atoms with Gasteiger partial charge in [-0.1, -0.05) is 11.6 Å². The fourth-order valence-electron chi connectivity index (χ4n) is 2.30. The molecule has 0 saturated carbocycles. The van der Waals surface area contributed by atoms with E-state index in [0.717, 1.165) is 19.4 Å². The summed E-state index contributed by atoms with van der Waals surface area (Å²) >= 11 is 5.97. The van der Waals surface area contributed by atoms with Crippen molar-refractivity contribution in [3.8, 4) is 0 Å². The first kappa shape index (κ1) is 15.0. The van der Waals surface area contributed by atoms with Crippen LogP contribution in [0, 0.1) is 5.92 Å². The van der Waals surface area contributed by atoms with Crippen LogP contribution in [-0.2, 0) is 4.74 Å². The lowest BCUT2D eigenvalue weighted by Gasteiger charge is -2.27. The summed E-state index contributed by atoms with van der Waals surface area (Å²) in [7, 11) is 1.78. The summed E-state index contributed by atoms with van der Waals surface area (Å²) in [5, 5.41) is 0.327. The number of rotatable bonds is 4. The van der Waals surface area contributed by atoms with Crippen LogP contribution in [0.2, 0.25) is 5.02 Å². The van der Waals surface area contributed by atoms with Crippen LogP contribution in [0.25, 0.3) is 0 Å². The number of halogens is 1. The normalized spacial score (nSPS) is 18.6. The van der Waals surface area contributed by atoms with Gasteiger partial charge in [0.05, 0.1) is 17.2 Å². The van der Waals surface area contributed by atoms with Gasteiger partial charge in [0, 0.05) is 26.4 Å². The molecule has 1 amide bonds. The zero-order valence-electron chi connectivity index (χ0n) is 11.4. The predicted octanol–water partition coefficient (Wildman–Crippen LogP) is 1.52. The van der Waals surface area contributed by atoms with Crippen LogP contribution < -0.4 is 11.3 Å². The van der Waals surface area contributed by atoms with Crippen molar-refractivity contribution in [3.63, 3.8) is 0 Å². The fraction of sp³-hybridized carbons (Fsp3) is 0.538. The summed E-state index contributed by atoms with van der Waals surface area (Å²) in [6.07, 6.45) is 3.61. The highest BCUT2D eigenvalue weighted by Crippen LogP contribution is 2.20. The van der Waals surface area contributed by atoms with Gasteiger partial charge in [-0.25, -0.2) is 10.8 Å². The molecule has 3 N–H and O–H groups in total. The highest BCUT2D eigenvalue weighted by atomic mass is 35.5. The van der Waals surface area contributed by atoms with Crippen molar-refractivity contribution in [2.75, 3.05) is 32.2 Å². The number of hydrazine groups is 1. The van der Waals surface area contributed by atoms with Crippen molar-refractivity contribution in [2.45, 2.75) is 12.8 Å². The average molecular weight is 299 g/mol. The van der Waals surface area contributed by atoms with Crippen LogP contribution in [0.5, 0.6) is 0 Å². The standard InChI is InChI=1S/C13H19ClN4O2/c1-18(7-9-3-2-4-20-8-9)13(19)10-5-11(14)12(17-15)16-6-10/h5-6,9H,2-4,7-8,15H2,1H3,(H,16,17). The molecular formula is C13H19ClN4O2. The maximum absolute atomic E-state index is 12.3. The lowest BCUT2D eigenvalue weighted by atomic mass is 10.0. The van der Waals surface area contributed by atoms with Crippen molar-refractivity contribution >= 4 is 23.3 Å². The maximum Gasteiger partial charge on any atom is 0.255 e. The van der Waals surface area contributed by atoms with Gasteiger partial charge in [0.2, 0.25) is 0 Å². The number of nitrogens with zero attached hydrogens (tertiary/aromatic N) is 2. The number of amides is 1. The topological polar surface area (TPSA) is 80.5 Å². The van der Waals surface area contributed by atoms with E-state index in [1.165, 1.54) is 6.20 Å². The van der Waals surface area contributed by atoms with Gasteiger partial charge in [-0.2, -0.15) is 0 Å². The molecule has 0 spiro atoms. The molecule has 0 radical (unpaired) electrons. The molecule has 1 aromatic rings. The zero-order chi connectivity index (χ0) is 14.5. The molecule has 2 heterocycles. The number of carbonyl (C=O) groups is 1. The first-order chi connectivity index (χ1) is 9.61. The Kier molecular flexibility index (Phi) is 5.17. The number of nitrogen functional groups attached to an aromatic ring is 1. The Morgan fingerprint density at radius 3 is 3.10 bits per heavy atom. The summed E-state index contributed by atoms with van der Waals surface area (Å²) in [4.78, 5) is 18.0. The number of nitrogens with one attached hydrogen (secondary N) is 1. The van der Waals surface area contributed by atoms with Gasteiger partial charge >= 0.3 is 0 Å². The maximum atomic E-state index is 12.3. The van der Waals surface area contributed by atoms with E-state index in [1.54, 1.807) is 18.0 Å². The van der Waals surface area contributed by atoms with Crippen molar-refractivity contribution in [1.82, 2.24) is 9.88 Å². The summed E-state index contributed by atoms with van der Waals surface area (Å²) in [5.41, 5.74) is 2.82. The summed E-state index contributed by atoms with van der Waals surface area (Å²) < 4.78 is 5.42. The molecule has 6 nitrogen and oxygen atoms in total. The molecule has 1 fully saturated rings. The number of anilines is 1. The minimum Gasteiger partial charge on any atom is -0.381 e. The lowest BCUT2D eigenvalue weighted by Crippen LogP contribution is -2.35. The quantitative estimate of drug-likeness (QED) is 0.651. The minimum absolute atomic E-state index is 0.103. The Morgan fingerprint density at radius 1 is 1.70 bits per heavy atom. The Morgan fingerprint density at radius 2 is 2.50 bits per heavy atom. The third kappa shape index (κ3) is 3.59. The molecule has 1 aliphatic rings. The second kappa shape index (κ2) is 6.88. The van der Waals surface area contributed by atoms with Gasteiger partial charge in [0.15, 0.2) is 5.82 Å². The highest BCUT2D eigenvalue weighted by molar-refractivity contribution is 6.33. The second-order valence-electron chi connectivity index (χ2n) is 4.97. The van der Waals surface area contributed by atoms with Gasteiger partial charge in [-0.05, 0) is 24.8 Å². The molecule has 0 aromatic carbocycles. The molecule has 0 aliphatic carbocycles. The van der Waals surface area contributed by atoms with E-state index in [4.69, 9.17) is 22.2 Å². The Hall–Kier alpha value is -1.37. The van der Waals surface area contributed by atoms with Crippen LogP contribution in [0.4, 0.5) is 5.82 Å². The zero-order valence-corrected chi connectivity index (χ0v) is 12.2. The van der Waals surface area contributed by atoms with Crippen molar-refractivity contribution in [3.05, 3.63) is 22.8 Å². The van der Waals surface area contributed by atoms with E-state index in [1.807, 2.05) is 0 Å². The van der Waals surface area contributed by atoms with E-state index >= 15 is 0 Å². The lowest BCUT2D eigenvalue weighted by molar-refractivity contribution is 0.0388. The molecule has 1 aliphatic heterocycles. The van der Waals surface area contributed by atoms with Crippen LogP contribution in [0.3, 0.4) is 0 Å². The Balaban J connectivity index is 2.00. The number of aromatic nitrogens is 1. The molecule has 1 unspecified atom stereocenters. The number of hydrogen-bond acceptors (Lipinski definition) is 5. The Bertz CT molecular complexity index is 477. The van der Waals surface area contributed by atoms with Crippen LogP contribution >= 0.6 is 11.6 Å². The minimum atomic E-state index is -0.103. The fourth-order valence-corrected chi connectivity index (χ4v) is 2.52. The summed E-state index contributed by atoms with van der Waals surface area (Å²) in [6.45, 7) is 2.21. The molecule has 1 aromatic heterocycles. The van der Waals surface area contributed by atoms with E-state index < -0.39 is 0 Å². The van der Waals surface area contributed by atoms with Gasteiger partial charge in [0.1, 0.15) is 0 Å². The number of nitrogens with two attached hydrogens (primary N) is 1. The number of carbonyl (C=O) groups excluding carboxylic acids is 1. The van der Waals surface area contributed by atoms with Crippen LogP contribution in [-0.4, -0.2) is 42.6 Å². The monoisotopic (exact) mass is 298 g/mol. The third-order valence-electron chi connectivity index (χ3n) is 3.36. The highest BCUT2D eigenvalue weighted by Gasteiger charge is 2.20. The Labute approximate surface area is 123 Å². The molecule has 1 saturated heterocycles.